The normalized spacial score (nSPS) is 11.0. The summed E-state index contributed by atoms with van der Waals surface area (Å²) < 4.78 is 1.40. The predicted octanol–water partition coefficient (Wildman–Crippen LogP) is 3.72. The summed E-state index contributed by atoms with van der Waals surface area (Å²) in [4.78, 5) is 18.7. The highest BCUT2D eigenvalue weighted by Gasteiger charge is 2.13. The molecule has 23 heavy (non-hydrogen) atoms. The van der Waals surface area contributed by atoms with Gasteiger partial charge in [-0.25, -0.2) is 4.68 Å². The quantitative estimate of drug-likeness (QED) is 0.566. The van der Waals surface area contributed by atoms with Crippen LogP contribution in [-0.4, -0.2) is 14.8 Å². The molecule has 0 aliphatic heterocycles. The Bertz CT molecular complexity index is 1050. The largest absolute Gasteiger partial charge is 0.274 e. The lowest BCUT2D eigenvalue weighted by molar-refractivity contribution is 0.723. The van der Waals surface area contributed by atoms with Gasteiger partial charge in [-0.2, -0.15) is 5.10 Å². The van der Waals surface area contributed by atoms with Gasteiger partial charge in [0.2, 0.25) is 0 Å². The van der Waals surface area contributed by atoms with Gasteiger partial charge >= 0.3 is 0 Å². The lowest BCUT2D eigenvalue weighted by Crippen LogP contribution is -2.20. The van der Waals surface area contributed by atoms with E-state index < -0.39 is 0 Å². The van der Waals surface area contributed by atoms with Crippen LogP contribution in [0.3, 0.4) is 0 Å². The second-order valence-electron chi connectivity index (χ2n) is 5.20. The maximum atomic E-state index is 12.2. The van der Waals surface area contributed by atoms with Gasteiger partial charge in [0.25, 0.3) is 5.56 Å². The molecule has 4 rings (SSSR count). The van der Waals surface area contributed by atoms with E-state index in [2.05, 4.69) is 10.1 Å². The van der Waals surface area contributed by atoms with E-state index in [4.69, 9.17) is 0 Å². The van der Waals surface area contributed by atoms with Gasteiger partial charge < -0.3 is 0 Å². The second-order valence-corrected chi connectivity index (χ2v) is 6.29. The van der Waals surface area contributed by atoms with Crippen molar-refractivity contribution in [2.45, 2.75) is 0 Å². The van der Waals surface area contributed by atoms with E-state index in [-0.39, 0.29) is 5.56 Å². The molecule has 0 N–H and O–H groups in total. The topological polar surface area (TPSA) is 47.8 Å². The highest BCUT2D eigenvalue weighted by atomic mass is 32.1. The average molecular weight is 319 g/mol. The Labute approximate surface area is 136 Å². The van der Waals surface area contributed by atoms with E-state index in [0.29, 0.717) is 5.39 Å². The molecule has 5 heteroatoms. The molecule has 4 aromatic rings. The van der Waals surface area contributed by atoms with E-state index >= 15 is 0 Å². The molecular weight excluding hydrogens is 306 g/mol. The zero-order valence-corrected chi connectivity index (χ0v) is 13.2. The molecule has 0 saturated carbocycles. The van der Waals surface area contributed by atoms with Crippen LogP contribution in [0.1, 0.15) is 0 Å². The zero-order valence-electron chi connectivity index (χ0n) is 12.4. The van der Waals surface area contributed by atoms with Crippen LogP contribution < -0.4 is 5.56 Å². The van der Waals surface area contributed by atoms with Crippen LogP contribution in [0, 0.1) is 0 Å². The molecule has 0 spiro atoms. The van der Waals surface area contributed by atoms with Crippen LogP contribution in [0.25, 0.3) is 31.9 Å². The van der Waals surface area contributed by atoms with Crippen molar-refractivity contribution < 1.29 is 0 Å². The molecule has 0 bridgehead atoms. The minimum Gasteiger partial charge on any atom is -0.267 e. The van der Waals surface area contributed by atoms with Gasteiger partial charge in [-0.05, 0) is 30.3 Å². The Morgan fingerprint density at radius 3 is 2.43 bits per heavy atom. The molecule has 0 aliphatic carbocycles. The van der Waals surface area contributed by atoms with E-state index in [1.165, 1.54) is 4.68 Å². The molecular formula is C18H13N3OS. The molecule has 112 valence electrons. The van der Waals surface area contributed by atoms with E-state index in [0.717, 1.165) is 26.5 Å². The van der Waals surface area contributed by atoms with Crippen LogP contribution in [0.2, 0.25) is 0 Å². The highest BCUT2D eigenvalue weighted by molar-refractivity contribution is 7.18. The Morgan fingerprint density at radius 1 is 0.913 bits per heavy atom. The minimum atomic E-state index is -0.0779. The monoisotopic (exact) mass is 319 g/mol. The van der Waals surface area contributed by atoms with Crippen molar-refractivity contribution in [1.29, 1.82) is 0 Å². The fourth-order valence-electron chi connectivity index (χ4n) is 2.59. The van der Waals surface area contributed by atoms with Gasteiger partial charge in [0.05, 0.1) is 20.8 Å². The van der Waals surface area contributed by atoms with Gasteiger partial charge in [0, 0.05) is 18.6 Å². The summed E-state index contributed by atoms with van der Waals surface area (Å²) in [6.45, 7) is 0. The first-order valence-electron chi connectivity index (χ1n) is 7.22. The number of benzene rings is 1. The van der Waals surface area contributed by atoms with Crippen LogP contribution in [-0.2, 0) is 7.05 Å². The smallest absolute Gasteiger partial charge is 0.267 e. The predicted molar refractivity (Wildman–Crippen MR) is 93.5 cm³/mol. The van der Waals surface area contributed by atoms with Crippen LogP contribution in [0.5, 0.6) is 0 Å². The number of rotatable bonds is 2. The van der Waals surface area contributed by atoms with Crippen molar-refractivity contribution in [2.24, 2.45) is 7.05 Å². The van der Waals surface area contributed by atoms with E-state index in [9.17, 15) is 4.79 Å². The third-order valence-electron chi connectivity index (χ3n) is 3.71. The molecule has 3 heterocycles. The number of hydrogen-bond acceptors (Lipinski definition) is 4. The molecule has 0 atom stereocenters. The third-order valence-corrected chi connectivity index (χ3v) is 4.83. The number of thiophene rings is 1. The Kier molecular flexibility index (Phi) is 3.28. The zero-order chi connectivity index (χ0) is 15.8. The van der Waals surface area contributed by atoms with Gasteiger partial charge in [-0.1, -0.05) is 24.3 Å². The van der Waals surface area contributed by atoms with Crippen LogP contribution >= 0.6 is 11.3 Å². The molecule has 0 fully saturated rings. The Morgan fingerprint density at radius 2 is 1.65 bits per heavy atom. The van der Waals surface area contributed by atoms with Gasteiger partial charge in [0.1, 0.15) is 5.69 Å². The summed E-state index contributed by atoms with van der Waals surface area (Å²) in [7, 11) is 1.69. The number of aryl methyl sites for hydroxylation is 1. The maximum absolute atomic E-state index is 12.2. The summed E-state index contributed by atoms with van der Waals surface area (Å²) in [5.41, 5.74) is 1.69. The lowest BCUT2D eigenvalue weighted by atomic mass is 10.1. The number of nitrogens with zero attached hydrogens (tertiary/aromatic N) is 3. The molecule has 0 unspecified atom stereocenters. The van der Waals surface area contributed by atoms with E-state index in [1.807, 2.05) is 54.6 Å². The first kappa shape index (κ1) is 13.8. The van der Waals surface area contributed by atoms with Crippen molar-refractivity contribution >= 4 is 22.1 Å². The van der Waals surface area contributed by atoms with E-state index in [1.54, 1.807) is 24.6 Å². The van der Waals surface area contributed by atoms with Crippen molar-refractivity contribution in [3.63, 3.8) is 0 Å². The summed E-state index contributed by atoms with van der Waals surface area (Å²) in [6, 6.07) is 17.5. The molecule has 0 saturated heterocycles. The van der Waals surface area contributed by atoms with Crippen LogP contribution in [0.4, 0.5) is 0 Å². The molecule has 1 aromatic carbocycles. The maximum Gasteiger partial charge on any atom is 0.274 e. The molecule has 0 amide bonds. The third kappa shape index (κ3) is 2.35. The Hall–Kier alpha value is -2.79. The summed E-state index contributed by atoms with van der Waals surface area (Å²) in [5.74, 6) is 0. The van der Waals surface area contributed by atoms with Crippen molar-refractivity contribution in [2.75, 3.05) is 0 Å². The van der Waals surface area contributed by atoms with Gasteiger partial charge in [-0.15, -0.1) is 11.3 Å². The van der Waals surface area contributed by atoms with Crippen LogP contribution in [0.15, 0.2) is 65.6 Å². The fraction of sp³-hybridized carbons (Fsp3) is 0.0556. The Balaban J connectivity index is 1.93. The van der Waals surface area contributed by atoms with Gasteiger partial charge in [0.15, 0.2) is 0 Å². The summed E-state index contributed by atoms with van der Waals surface area (Å²) in [5, 5.41) is 6.04. The number of fused-ring (bicyclic) bond motifs is 1. The molecule has 4 nitrogen and oxygen atoms in total. The van der Waals surface area contributed by atoms with Crippen molar-refractivity contribution in [1.82, 2.24) is 14.8 Å². The summed E-state index contributed by atoms with van der Waals surface area (Å²) in [6.07, 6.45) is 1.79. The fourth-order valence-corrected chi connectivity index (χ4v) is 3.57. The first-order chi connectivity index (χ1) is 11.2. The molecule has 3 aromatic heterocycles. The molecule has 0 aliphatic rings. The SMILES string of the molecule is Cn1nc(-c2ccc(-c3ccccn3)s2)c2ccccc2c1=O. The minimum absolute atomic E-state index is 0.0779. The number of pyridine rings is 1. The lowest BCUT2D eigenvalue weighted by Gasteiger charge is -2.06. The second kappa shape index (κ2) is 5.44. The van der Waals surface area contributed by atoms with Crippen molar-refractivity contribution in [3.8, 4) is 21.1 Å². The standard InChI is InChI=1S/C18H13N3OS/c1-21-18(22)13-7-3-2-6-12(13)17(20-21)16-10-9-15(23-16)14-8-4-5-11-19-14/h2-11H,1H3. The number of aromatic nitrogens is 3. The number of hydrogen-bond donors (Lipinski definition) is 0. The average Bonchev–Trinajstić information content (AvgIpc) is 3.09. The molecule has 0 radical (unpaired) electrons. The highest BCUT2D eigenvalue weighted by Crippen LogP contribution is 2.34. The van der Waals surface area contributed by atoms with Crippen molar-refractivity contribution in [3.05, 3.63) is 71.1 Å². The summed E-state index contributed by atoms with van der Waals surface area (Å²) >= 11 is 1.63. The first-order valence-corrected chi connectivity index (χ1v) is 8.03. The van der Waals surface area contributed by atoms with Gasteiger partial charge in [-0.3, -0.25) is 9.78 Å².